The summed E-state index contributed by atoms with van der Waals surface area (Å²) in [4.78, 5) is 0. The second-order valence-corrected chi connectivity index (χ2v) is 4.26. The summed E-state index contributed by atoms with van der Waals surface area (Å²) in [6.45, 7) is 0. The van der Waals surface area contributed by atoms with Crippen molar-refractivity contribution in [3.05, 3.63) is 30.3 Å². The van der Waals surface area contributed by atoms with Gasteiger partial charge in [-0.1, -0.05) is 18.2 Å². The van der Waals surface area contributed by atoms with E-state index in [0.717, 1.165) is 4.62 Å². The van der Waals surface area contributed by atoms with Crippen molar-refractivity contribution in [1.29, 1.82) is 0 Å². The third-order valence-electron chi connectivity index (χ3n) is 1.50. The molecule has 54 valence electrons. The summed E-state index contributed by atoms with van der Waals surface area (Å²) in [5.41, 5.74) is 0. The van der Waals surface area contributed by atoms with E-state index in [0.29, 0.717) is 0 Å². The molecule has 0 aliphatic heterocycles. The van der Waals surface area contributed by atoms with Gasteiger partial charge in [0.15, 0.2) is 0 Å². The van der Waals surface area contributed by atoms with Crippen LogP contribution in [0.15, 0.2) is 30.3 Å². The van der Waals surface area contributed by atoms with E-state index >= 15 is 0 Å². The molecule has 1 nitrogen and oxygen atoms in total. The van der Waals surface area contributed by atoms with E-state index in [1.165, 1.54) is 10.1 Å². The molecule has 0 atom stereocenters. The van der Waals surface area contributed by atoms with Crippen molar-refractivity contribution in [3.63, 3.8) is 0 Å². The Balaban J connectivity index is 2.78. The van der Waals surface area contributed by atoms with Crippen molar-refractivity contribution < 1.29 is 4.57 Å². The maximum Gasteiger partial charge on any atom is 0.203 e. The molecule has 0 saturated carbocycles. The van der Waals surface area contributed by atoms with Gasteiger partial charge in [-0.2, -0.15) is 0 Å². The molecule has 2 rings (SSSR count). The van der Waals surface area contributed by atoms with Crippen LogP contribution in [0.5, 0.6) is 0 Å². The van der Waals surface area contributed by atoms with Gasteiger partial charge in [-0.25, -0.2) is 0 Å². The molecule has 0 unspecified atom stereocenters. The monoisotopic (exact) mass is 180 g/mol. The second kappa shape index (κ2) is 2.72. The lowest BCUT2D eigenvalue weighted by Gasteiger charge is -1.82. The van der Waals surface area contributed by atoms with Crippen molar-refractivity contribution in [2.75, 3.05) is 0 Å². The summed E-state index contributed by atoms with van der Waals surface area (Å²) in [5.74, 6) is 0. The van der Waals surface area contributed by atoms with E-state index in [2.05, 4.69) is 0 Å². The molecule has 0 bridgehead atoms. The Morgan fingerprint density at radius 3 is 2.82 bits per heavy atom. The topological polar surface area (TPSA) is 17.1 Å². The summed E-state index contributed by atoms with van der Waals surface area (Å²) >= 11 is 1.57. The van der Waals surface area contributed by atoms with Crippen LogP contribution >= 0.6 is 19.8 Å². The van der Waals surface area contributed by atoms with E-state index in [1.54, 1.807) is 11.3 Å². The summed E-state index contributed by atoms with van der Waals surface area (Å²) < 4.78 is 12.6. The Kier molecular flexibility index (Phi) is 1.72. The number of thiophene rings is 1. The van der Waals surface area contributed by atoms with Gasteiger partial charge in [-0.15, -0.1) is 11.3 Å². The molecule has 0 aliphatic rings. The van der Waals surface area contributed by atoms with Crippen LogP contribution < -0.4 is 4.62 Å². The first kappa shape index (κ1) is 6.96. The van der Waals surface area contributed by atoms with Crippen LogP contribution in [0.4, 0.5) is 0 Å². The van der Waals surface area contributed by atoms with Crippen LogP contribution in [0.3, 0.4) is 0 Å². The number of hydrogen-bond donors (Lipinski definition) is 0. The van der Waals surface area contributed by atoms with Crippen LogP contribution in [0, 0.1) is 0 Å². The van der Waals surface area contributed by atoms with E-state index in [-0.39, 0.29) is 8.46 Å². The lowest BCUT2D eigenvalue weighted by atomic mass is 10.3. The summed E-state index contributed by atoms with van der Waals surface area (Å²) in [7, 11) is 0.122. The van der Waals surface area contributed by atoms with Crippen LogP contribution in [0.2, 0.25) is 0 Å². The van der Waals surface area contributed by atoms with Crippen LogP contribution in [0.1, 0.15) is 0 Å². The highest BCUT2D eigenvalue weighted by Gasteiger charge is 1.98. The van der Waals surface area contributed by atoms with Crippen molar-refractivity contribution in [3.8, 4) is 0 Å². The van der Waals surface area contributed by atoms with Crippen molar-refractivity contribution in [2.45, 2.75) is 0 Å². The van der Waals surface area contributed by atoms with Gasteiger partial charge < -0.3 is 0 Å². The molecule has 0 spiro atoms. The minimum atomic E-state index is 0.122. The second-order valence-electron chi connectivity index (χ2n) is 2.21. The zero-order valence-electron chi connectivity index (χ0n) is 5.65. The number of fused-ring (bicyclic) bond motifs is 1. The first-order valence-electron chi connectivity index (χ1n) is 3.22. The smallest absolute Gasteiger partial charge is 0.203 e. The molecule has 2 aromatic rings. The average Bonchev–Trinajstić information content (AvgIpc) is 2.46. The molecule has 0 fully saturated rings. The zero-order chi connectivity index (χ0) is 7.68. The Morgan fingerprint density at radius 2 is 2.09 bits per heavy atom. The fourth-order valence-electron chi connectivity index (χ4n) is 1.01. The van der Waals surface area contributed by atoms with Crippen molar-refractivity contribution >= 4 is 34.5 Å². The molecule has 1 heterocycles. The highest BCUT2D eigenvalue weighted by molar-refractivity contribution is 7.49. The highest BCUT2D eigenvalue weighted by atomic mass is 32.1. The van der Waals surface area contributed by atoms with E-state index < -0.39 is 0 Å². The highest BCUT2D eigenvalue weighted by Crippen LogP contribution is 2.20. The van der Waals surface area contributed by atoms with Crippen molar-refractivity contribution in [1.82, 2.24) is 0 Å². The van der Waals surface area contributed by atoms with Crippen molar-refractivity contribution in [2.24, 2.45) is 0 Å². The fourth-order valence-corrected chi connectivity index (χ4v) is 2.45. The minimum Gasteiger partial charge on any atom is -0.268 e. The molecule has 3 heteroatoms. The largest absolute Gasteiger partial charge is 0.268 e. The Hall–Kier alpha value is -0.720. The molecule has 1 aromatic carbocycles. The van der Waals surface area contributed by atoms with Crippen LogP contribution in [-0.2, 0) is 4.57 Å². The van der Waals surface area contributed by atoms with Gasteiger partial charge in [0, 0.05) is 4.70 Å². The molecular weight excluding hydrogens is 175 g/mol. The first-order chi connectivity index (χ1) is 5.40. The number of benzene rings is 1. The lowest BCUT2D eigenvalue weighted by Crippen LogP contribution is -1.73. The van der Waals surface area contributed by atoms with Gasteiger partial charge in [0.05, 0.1) is 4.62 Å². The Labute approximate surface area is 69.9 Å². The fraction of sp³-hybridized carbons (Fsp3) is 0. The van der Waals surface area contributed by atoms with Gasteiger partial charge in [-0.3, -0.25) is 4.57 Å². The molecule has 0 N–H and O–H groups in total. The van der Waals surface area contributed by atoms with Gasteiger partial charge in [0.2, 0.25) is 8.46 Å². The van der Waals surface area contributed by atoms with Gasteiger partial charge in [-0.05, 0) is 17.5 Å². The molecule has 0 aliphatic carbocycles. The predicted molar refractivity (Wildman–Crippen MR) is 49.1 cm³/mol. The Bertz CT molecular complexity index is 361. The summed E-state index contributed by atoms with van der Waals surface area (Å²) in [6, 6.07) is 9.99. The average molecular weight is 180 g/mol. The maximum atomic E-state index is 10.5. The predicted octanol–water partition coefficient (Wildman–Crippen LogP) is 2.82. The SMILES string of the molecule is O=Pc1cc2ccccc2s1. The summed E-state index contributed by atoms with van der Waals surface area (Å²) in [6.07, 6.45) is 0. The normalized spacial score (nSPS) is 10.9. The third-order valence-corrected chi connectivity index (χ3v) is 3.23. The summed E-state index contributed by atoms with van der Waals surface area (Å²) in [5, 5.41) is 1.18. The van der Waals surface area contributed by atoms with E-state index in [1.807, 2.05) is 30.3 Å². The minimum absolute atomic E-state index is 0.122. The molecule has 0 radical (unpaired) electrons. The zero-order valence-corrected chi connectivity index (χ0v) is 7.36. The van der Waals surface area contributed by atoms with Gasteiger partial charge >= 0.3 is 0 Å². The molecule has 1 aromatic heterocycles. The first-order valence-corrected chi connectivity index (χ1v) is 4.85. The molecule has 11 heavy (non-hydrogen) atoms. The quantitative estimate of drug-likeness (QED) is 0.616. The standard InChI is InChI=1S/C8H5OPS/c9-10-8-5-6-3-1-2-4-7(6)11-8/h1-5H. The van der Waals surface area contributed by atoms with E-state index in [9.17, 15) is 4.57 Å². The van der Waals surface area contributed by atoms with Gasteiger partial charge in [0.1, 0.15) is 0 Å². The molecule has 0 amide bonds. The van der Waals surface area contributed by atoms with Gasteiger partial charge in [0.25, 0.3) is 0 Å². The molecular formula is C8H5OPS. The lowest BCUT2D eigenvalue weighted by molar-refractivity contribution is 0.603. The number of hydrogen-bond acceptors (Lipinski definition) is 2. The molecule has 0 saturated heterocycles. The maximum absolute atomic E-state index is 10.5. The number of rotatable bonds is 1. The van der Waals surface area contributed by atoms with E-state index in [4.69, 9.17) is 0 Å². The third kappa shape index (κ3) is 1.20. The Morgan fingerprint density at radius 1 is 1.27 bits per heavy atom. The van der Waals surface area contributed by atoms with Crippen LogP contribution in [-0.4, -0.2) is 0 Å². The van der Waals surface area contributed by atoms with Crippen LogP contribution in [0.25, 0.3) is 10.1 Å².